The predicted octanol–water partition coefficient (Wildman–Crippen LogP) is 1.77. The highest BCUT2D eigenvalue weighted by molar-refractivity contribution is 5.59. The van der Waals surface area contributed by atoms with E-state index in [0.29, 0.717) is 11.7 Å². The van der Waals surface area contributed by atoms with Crippen molar-refractivity contribution in [3.63, 3.8) is 0 Å². The summed E-state index contributed by atoms with van der Waals surface area (Å²) in [6, 6.07) is 11.2. The summed E-state index contributed by atoms with van der Waals surface area (Å²) in [6.45, 7) is 0. The van der Waals surface area contributed by atoms with Gasteiger partial charge >= 0.3 is 5.63 Å². The van der Waals surface area contributed by atoms with Crippen LogP contribution < -0.4 is 10.5 Å². The Labute approximate surface area is 93.2 Å². The van der Waals surface area contributed by atoms with Crippen LogP contribution in [0.15, 0.2) is 45.6 Å². The van der Waals surface area contributed by atoms with E-state index in [9.17, 15) is 4.79 Å². The Morgan fingerprint density at radius 2 is 1.88 bits per heavy atom. The maximum atomic E-state index is 11.4. The third-order valence-electron chi connectivity index (χ3n) is 2.11. The number of nitrogens with zero attached hydrogens (tertiary/aromatic N) is 2. The molecule has 1 aromatic carbocycles. The summed E-state index contributed by atoms with van der Waals surface area (Å²) in [6.07, 6.45) is 0. The van der Waals surface area contributed by atoms with E-state index in [1.54, 1.807) is 19.0 Å². The lowest BCUT2D eigenvalue weighted by Crippen LogP contribution is -2.14. The van der Waals surface area contributed by atoms with Gasteiger partial charge in [-0.2, -0.15) is 4.98 Å². The number of rotatable bonds is 2. The molecule has 0 amide bonds. The zero-order valence-electron chi connectivity index (χ0n) is 9.18. The van der Waals surface area contributed by atoms with Gasteiger partial charge in [0, 0.05) is 19.7 Å². The first kappa shape index (κ1) is 10.4. The van der Waals surface area contributed by atoms with Crippen molar-refractivity contribution >= 4 is 6.01 Å². The smallest absolute Gasteiger partial charge is 0.340 e. The van der Waals surface area contributed by atoms with Gasteiger partial charge in [0.2, 0.25) is 0 Å². The van der Waals surface area contributed by atoms with E-state index in [1.807, 2.05) is 30.3 Å². The van der Waals surface area contributed by atoms with Gasteiger partial charge in [-0.25, -0.2) is 4.79 Å². The van der Waals surface area contributed by atoms with Crippen molar-refractivity contribution in [2.45, 2.75) is 0 Å². The fourth-order valence-corrected chi connectivity index (χ4v) is 1.34. The van der Waals surface area contributed by atoms with Crippen LogP contribution in [0.1, 0.15) is 0 Å². The van der Waals surface area contributed by atoms with Gasteiger partial charge in [0.15, 0.2) is 0 Å². The summed E-state index contributed by atoms with van der Waals surface area (Å²) < 4.78 is 4.96. The molecule has 2 rings (SSSR count). The second-order valence-electron chi connectivity index (χ2n) is 3.61. The van der Waals surface area contributed by atoms with Gasteiger partial charge in [0.1, 0.15) is 0 Å². The maximum Gasteiger partial charge on any atom is 0.340 e. The number of aromatic nitrogens is 1. The van der Waals surface area contributed by atoms with Gasteiger partial charge in [-0.3, -0.25) is 0 Å². The molecule has 0 saturated heterocycles. The average molecular weight is 216 g/mol. The molecular formula is C12H12N2O2. The summed E-state index contributed by atoms with van der Waals surface area (Å²) in [5, 5.41) is 0. The summed E-state index contributed by atoms with van der Waals surface area (Å²) in [5.41, 5.74) is 1.14. The van der Waals surface area contributed by atoms with Crippen LogP contribution in [0.4, 0.5) is 6.01 Å². The van der Waals surface area contributed by atoms with E-state index in [0.717, 1.165) is 5.56 Å². The predicted molar refractivity (Wildman–Crippen MR) is 62.5 cm³/mol. The highest BCUT2D eigenvalue weighted by Crippen LogP contribution is 2.17. The molecule has 0 N–H and O–H groups in total. The zero-order chi connectivity index (χ0) is 11.5. The third kappa shape index (κ3) is 2.11. The molecule has 0 atom stereocenters. The number of anilines is 1. The minimum atomic E-state index is -0.391. The van der Waals surface area contributed by atoms with E-state index in [-0.39, 0.29) is 0 Å². The molecule has 0 fully saturated rings. The number of hydrogen-bond donors (Lipinski definition) is 0. The molecule has 1 aromatic heterocycles. The lowest BCUT2D eigenvalue weighted by Gasteiger charge is -2.09. The summed E-state index contributed by atoms with van der Waals surface area (Å²) >= 11 is 0. The van der Waals surface area contributed by atoms with E-state index < -0.39 is 5.63 Å². The van der Waals surface area contributed by atoms with Crippen LogP contribution in [0.5, 0.6) is 0 Å². The molecule has 0 spiro atoms. The summed E-state index contributed by atoms with van der Waals surface area (Å²) in [4.78, 5) is 17.3. The number of hydrogen-bond acceptors (Lipinski definition) is 4. The minimum absolute atomic E-state index is 0.311. The van der Waals surface area contributed by atoms with Crippen molar-refractivity contribution in [1.82, 2.24) is 4.98 Å². The Bertz CT molecular complexity index is 532. The van der Waals surface area contributed by atoms with Crippen LogP contribution in [0.2, 0.25) is 0 Å². The van der Waals surface area contributed by atoms with Crippen molar-refractivity contribution in [2.24, 2.45) is 0 Å². The van der Waals surface area contributed by atoms with Crippen LogP contribution >= 0.6 is 0 Å². The quantitative estimate of drug-likeness (QED) is 0.767. The normalized spacial score (nSPS) is 10.1. The molecule has 4 nitrogen and oxygen atoms in total. The molecule has 1 heterocycles. The van der Waals surface area contributed by atoms with Crippen molar-refractivity contribution in [2.75, 3.05) is 19.0 Å². The van der Waals surface area contributed by atoms with Gasteiger partial charge in [0.05, 0.1) is 11.8 Å². The largest absolute Gasteiger partial charge is 0.389 e. The Kier molecular flexibility index (Phi) is 2.72. The monoisotopic (exact) mass is 216 g/mol. The van der Waals surface area contributed by atoms with E-state index >= 15 is 0 Å². The van der Waals surface area contributed by atoms with Crippen molar-refractivity contribution in [3.05, 3.63) is 46.8 Å². The second-order valence-corrected chi connectivity index (χ2v) is 3.61. The van der Waals surface area contributed by atoms with Gasteiger partial charge in [0.25, 0.3) is 6.01 Å². The Morgan fingerprint density at radius 3 is 2.50 bits per heavy atom. The van der Waals surface area contributed by atoms with Crippen LogP contribution in [-0.4, -0.2) is 19.1 Å². The first-order valence-electron chi connectivity index (χ1n) is 4.92. The zero-order valence-corrected chi connectivity index (χ0v) is 9.18. The van der Waals surface area contributed by atoms with E-state index in [2.05, 4.69) is 4.98 Å². The SMILES string of the molecule is CN(C)c1nc(-c2ccccc2)cc(=O)o1. The maximum absolute atomic E-state index is 11.4. The molecule has 0 aliphatic heterocycles. The van der Waals surface area contributed by atoms with Crippen molar-refractivity contribution in [1.29, 1.82) is 0 Å². The Hall–Kier alpha value is -2.10. The lowest BCUT2D eigenvalue weighted by molar-refractivity contribution is 0.493. The highest BCUT2D eigenvalue weighted by atomic mass is 16.4. The molecular weight excluding hydrogens is 204 g/mol. The first-order chi connectivity index (χ1) is 7.66. The molecule has 0 aliphatic carbocycles. The Morgan fingerprint density at radius 1 is 1.19 bits per heavy atom. The summed E-state index contributed by atoms with van der Waals surface area (Å²) in [7, 11) is 3.56. The molecule has 0 saturated carbocycles. The van der Waals surface area contributed by atoms with E-state index in [4.69, 9.17) is 4.42 Å². The first-order valence-corrected chi connectivity index (χ1v) is 4.92. The molecule has 82 valence electrons. The molecule has 0 aliphatic rings. The van der Waals surface area contributed by atoms with Crippen molar-refractivity contribution < 1.29 is 4.42 Å². The lowest BCUT2D eigenvalue weighted by atomic mass is 10.1. The standard InChI is InChI=1S/C12H12N2O2/c1-14(2)12-13-10(8-11(15)16-12)9-6-4-3-5-7-9/h3-8H,1-2H3. The molecule has 0 radical (unpaired) electrons. The molecule has 4 heteroatoms. The molecule has 0 bridgehead atoms. The van der Waals surface area contributed by atoms with Gasteiger partial charge in [-0.05, 0) is 0 Å². The summed E-state index contributed by atoms with van der Waals surface area (Å²) in [5.74, 6) is 0. The van der Waals surface area contributed by atoms with Gasteiger partial charge in [-0.1, -0.05) is 30.3 Å². The molecule has 16 heavy (non-hydrogen) atoms. The second kappa shape index (κ2) is 4.18. The average Bonchev–Trinajstić information content (AvgIpc) is 2.29. The third-order valence-corrected chi connectivity index (χ3v) is 2.11. The van der Waals surface area contributed by atoms with Gasteiger partial charge < -0.3 is 9.32 Å². The Balaban J connectivity index is 2.54. The topological polar surface area (TPSA) is 46.3 Å². The highest BCUT2D eigenvalue weighted by Gasteiger charge is 2.06. The van der Waals surface area contributed by atoms with Crippen LogP contribution in [0, 0.1) is 0 Å². The van der Waals surface area contributed by atoms with E-state index in [1.165, 1.54) is 6.07 Å². The molecule has 0 unspecified atom stereocenters. The molecule has 2 aromatic rings. The fourth-order valence-electron chi connectivity index (χ4n) is 1.34. The van der Waals surface area contributed by atoms with Crippen LogP contribution in [0.3, 0.4) is 0 Å². The van der Waals surface area contributed by atoms with Gasteiger partial charge in [-0.15, -0.1) is 0 Å². The van der Waals surface area contributed by atoms with Crippen molar-refractivity contribution in [3.8, 4) is 11.3 Å². The number of benzene rings is 1. The van der Waals surface area contributed by atoms with Crippen LogP contribution in [0.25, 0.3) is 11.3 Å². The van der Waals surface area contributed by atoms with Crippen LogP contribution in [-0.2, 0) is 0 Å². The minimum Gasteiger partial charge on any atom is -0.389 e. The fraction of sp³-hybridized carbons (Fsp3) is 0.167.